The molecule has 0 bridgehead atoms. The summed E-state index contributed by atoms with van der Waals surface area (Å²) in [5.41, 5.74) is 1.21. The molecule has 0 amide bonds. The molecule has 1 aromatic heterocycles. The Morgan fingerprint density at radius 3 is 2.84 bits per heavy atom. The summed E-state index contributed by atoms with van der Waals surface area (Å²) in [6.07, 6.45) is 2.14. The van der Waals surface area contributed by atoms with Crippen LogP contribution in [0.25, 0.3) is 11.0 Å². The molecule has 4 rings (SSSR count). The smallest absolute Gasteiger partial charge is 0.240 e. The number of benzene rings is 2. The van der Waals surface area contributed by atoms with Crippen LogP contribution in [0.5, 0.6) is 0 Å². The Kier molecular flexibility index (Phi) is 6.30. The van der Waals surface area contributed by atoms with Crippen LogP contribution in [0, 0.1) is 11.6 Å². The lowest BCUT2D eigenvalue weighted by atomic mass is 10.1. The van der Waals surface area contributed by atoms with Crippen LogP contribution >= 0.6 is 11.6 Å². The molecule has 1 N–H and O–H groups in total. The van der Waals surface area contributed by atoms with Gasteiger partial charge < -0.3 is 4.52 Å². The lowest BCUT2D eigenvalue weighted by Gasteiger charge is -2.20. The molecule has 2 atom stereocenters. The second-order valence-electron chi connectivity index (χ2n) is 7.85. The maximum absolute atomic E-state index is 13.3. The van der Waals surface area contributed by atoms with E-state index in [2.05, 4.69) is 21.7 Å². The molecule has 166 valence electrons. The molecule has 1 aliphatic heterocycles. The first-order valence-corrected chi connectivity index (χ1v) is 11.8. The number of hydrogen-bond acceptors (Lipinski definition) is 5. The van der Waals surface area contributed by atoms with Gasteiger partial charge in [0.25, 0.3) is 0 Å². The Morgan fingerprint density at radius 1 is 1.26 bits per heavy atom. The molecule has 0 spiro atoms. The molecule has 6 nitrogen and oxygen atoms in total. The fourth-order valence-electron chi connectivity index (χ4n) is 4.02. The van der Waals surface area contributed by atoms with Crippen LogP contribution in [0.4, 0.5) is 8.78 Å². The molecular formula is C21H22ClF2N3O3S. The van der Waals surface area contributed by atoms with Gasteiger partial charge in [0, 0.05) is 30.1 Å². The molecule has 1 fully saturated rings. The molecule has 3 aromatic rings. The second kappa shape index (κ2) is 8.82. The van der Waals surface area contributed by atoms with E-state index in [0.29, 0.717) is 25.0 Å². The lowest BCUT2D eigenvalue weighted by Crippen LogP contribution is -2.37. The molecule has 10 heteroatoms. The van der Waals surface area contributed by atoms with Crippen molar-refractivity contribution in [3.63, 3.8) is 0 Å². The van der Waals surface area contributed by atoms with Crippen LogP contribution in [0.2, 0.25) is 5.02 Å². The van der Waals surface area contributed by atoms with Gasteiger partial charge in [-0.2, -0.15) is 0 Å². The van der Waals surface area contributed by atoms with Gasteiger partial charge in [0.2, 0.25) is 10.0 Å². The summed E-state index contributed by atoms with van der Waals surface area (Å²) in [6.45, 7) is 3.38. The highest BCUT2D eigenvalue weighted by Gasteiger charge is 2.32. The summed E-state index contributed by atoms with van der Waals surface area (Å²) in [6, 6.07) is 7.68. The maximum Gasteiger partial charge on any atom is 0.240 e. The summed E-state index contributed by atoms with van der Waals surface area (Å²) in [5.74, 6) is -1.02. The zero-order chi connectivity index (χ0) is 22.2. The van der Waals surface area contributed by atoms with Crippen molar-refractivity contribution in [3.8, 4) is 0 Å². The van der Waals surface area contributed by atoms with E-state index in [0.717, 1.165) is 36.2 Å². The zero-order valence-corrected chi connectivity index (χ0v) is 18.4. The molecule has 1 saturated heterocycles. The normalized spacial score (nSPS) is 20.0. The lowest BCUT2D eigenvalue weighted by molar-refractivity contribution is 0.263. The van der Waals surface area contributed by atoms with Crippen LogP contribution in [0.15, 0.2) is 45.8 Å². The van der Waals surface area contributed by atoms with Crippen molar-refractivity contribution in [3.05, 3.63) is 58.7 Å². The summed E-state index contributed by atoms with van der Waals surface area (Å²) in [5, 5.41) is 4.62. The number of rotatable bonds is 7. The van der Waals surface area contributed by atoms with E-state index in [1.165, 1.54) is 18.2 Å². The van der Waals surface area contributed by atoms with E-state index >= 15 is 0 Å². The third kappa shape index (κ3) is 4.90. The molecular weight excluding hydrogens is 448 g/mol. The minimum Gasteiger partial charge on any atom is -0.356 e. The predicted molar refractivity (Wildman–Crippen MR) is 113 cm³/mol. The minimum absolute atomic E-state index is 0.0562. The van der Waals surface area contributed by atoms with Crippen molar-refractivity contribution < 1.29 is 21.7 Å². The van der Waals surface area contributed by atoms with Crippen LogP contribution in [-0.4, -0.2) is 43.6 Å². The highest BCUT2D eigenvalue weighted by Crippen LogP contribution is 2.24. The van der Waals surface area contributed by atoms with Crippen molar-refractivity contribution in [1.82, 2.24) is 14.8 Å². The van der Waals surface area contributed by atoms with Crippen molar-refractivity contribution >= 4 is 32.6 Å². The number of aryl methyl sites for hydroxylation is 1. The fraction of sp³-hybridized carbons (Fsp3) is 0.381. The maximum atomic E-state index is 13.3. The van der Waals surface area contributed by atoms with E-state index in [4.69, 9.17) is 16.1 Å². The van der Waals surface area contributed by atoms with Gasteiger partial charge >= 0.3 is 0 Å². The van der Waals surface area contributed by atoms with Gasteiger partial charge in [0.15, 0.2) is 5.58 Å². The third-order valence-electron chi connectivity index (χ3n) is 5.59. The van der Waals surface area contributed by atoms with E-state index in [9.17, 15) is 17.2 Å². The zero-order valence-electron chi connectivity index (χ0n) is 16.8. The molecule has 0 saturated carbocycles. The van der Waals surface area contributed by atoms with Gasteiger partial charge in [-0.25, -0.2) is 21.9 Å². The third-order valence-corrected chi connectivity index (χ3v) is 7.40. The molecule has 31 heavy (non-hydrogen) atoms. The van der Waals surface area contributed by atoms with Crippen LogP contribution in [0.3, 0.4) is 0 Å². The number of sulfonamides is 1. The van der Waals surface area contributed by atoms with Crippen LogP contribution < -0.4 is 4.72 Å². The number of hydrogen-bond donors (Lipinski definition) is 1. The van der Waals surface area contributed by atoms with Crippen LogP contribution in [-0.2, 0) is 16.4 Å². The van der Waals surface area contributed by atoms with E-state index in [1.54, 1.807) is 6.07 Å². The standard InChI is InChI=1S/C21H22ClF2N3O3S/c1-13-9-15(26-31(28,29)16-5-7-19(24)18(22)11-16)12-27(13)8-2-3-20-17-6-4-14(23)10-21(17)30-25-20/h4-7,10-11,13,15,26H,2-3,8-9,12H2,1H3/t13-,15-/m0/s1. The predicted octanol–water partition coefficient (Wildman–Crippen LogP) is 4.13. The van der Waals surface area contributed by atoms with E-state index in [-0.39, 0.29) is 27.8 Å². The Labute approximate surface area is 184 Å². The van der Waals surface area contributed by atoms with Crippen molar-refractivity contribution in [2.45, 2.75) is 43.2 Å². The summed E-state index contributed by atoms with van der Waals surface area (Å²) >= 11 is 5.72. The Morgan fingerprint density at radius 2 is 2.06 bits per heavy atom. The number of nitrogens with zero attached hydrogens (tertiary/aromatic N) is 2. The average molecular weight is 470 g/mol. The monoisotopic (exact) mass is 469 g/mol. The molecule has 0 unspecified atom stereocenters. The van der Waals surface area contributed by atoms with E-state index < -0.39 is 15.8 Å². The Balaban J connectivity index is 1.33. The highest BCUT2D eigenvalue weighted by molar-refractivity contribution is 7.89. The quantitative estimate of drug-likeness (QED) is 0.563. The molecule has 1 aliphatic rings. The molecule has 0 radical (unpaired) electrons. The van der Waals surface area contributed by atoms with Crippen molar-refractivity contribution in [1.29, 1.82) is 0 Å². The van der Waals surface area contributed by atoms with Gasteiger partial charge in [0.1, 0.15) is 11.6 Å². The largest absolute Gasteiger partial charge is 0.356 e. The molecule has 0 aliphatic carbocycles. The topological polar surface area (TPSA) is 75.4 Å². The summed E-state index contributed by atoms with van der Waals surface area (Å²) < 4.78 is 59.8. The fourth-order valence-corrected chi connectivity index (χ4v) is 5.53. The molecule has 2 heterocycles. The summed E-state index contributed by atoms with van der Waals surface area (Å²) in [4.78, 5) is 2.16. The Hall–Kier alpha value is -2.07. The van der Waals surface area contributed by atoms with Gasteiger partial charge in [-0.05, 0) is 63.1 Å². The number of likely N-dealkylation sites (tertiary alicyclic amines) is 1. The molecule has 2 aromatic carbocycles. The number of fused-ring (bicyclic) bond motifs is 1. The minimum atomic E-state index is -3.79. The van der Waals surface area contributed by atoms with Gasteiger partial charge in [0.05, 0.1) is 15.6 Å². The number of halogens is 3. The second-order valence-corrected chi connectivity index (χ2v) is 9.97. The van der Waals surface area contributed by atoms with Crippen LogP contribution in [0.1, 0.15) is 25.5 Å². The highest BCUT2D eigenvalue weighted by atomic mass is 35.5. The van der Waals surface area contributed by atoms with Crippen molar-refractivity contribution in [2.24, 2.45) is 0 Å². The average Bonchev–Trinajstić information content (AvgIpc) is 3.26. The van der Waals surface area contributed by atoms with E-state index in [1.807, 2.05) is 0 Å². The number of nitrogens with one attached hydrogen (secondary N) is 1. The van der Waals surface area contributed by atoms with Gasteiger partial charge in [-0.3, -0.25) is 4.90 Å². The first-order valence-electron chi connectivity index (χ1n) is 9.98. The first-order chi connectivity index (χ1) is 14.7. The van der Waals surface area contributed by atoms with Gasteiger partial charge in [-0.1, -0.05) is 16.8 Å². The van der Waals surface area contributed by atoms with Gasteiger partial charge in [-0.15, -0.1) is 0 Å². The summed E-state index contributed by atoms with van der Waals surface area (Å²) in [7, 11) is -3.79. The Bertz CT molecular complexity index is 1200. The number of aromatic nitrogens is 1. The SMILES string of the molecule is C[C@H]1C[C@H](NS(=O)(=O)c2ccc(F)c(Cl)c2)CN1CCCc1noc2cc(F)ccc12. The first kappa shape index (κ1) is 22.1. The van der Waals surface area contributed by atoms with Crippen molar-refractivity contribution in [2.75, 3.05) is 13.1 Å².